The lowest BCUT2D eigenvalue weighted by molar-refractivity contribution is 0.0600. The number of halogens is 1. The van der Waals surface area contributed by atoms with Gasteiger partial charge in [0.2, 0.25) is 0 Å². The highest BCUT2D eigenvalue weighted by molar-refractivity contribution is 5.92. The number of urea groups is 1. The van der Waals surface area contributed by atoms with Crippen molar-refractivity contribution in [3.8, 4) is 5.69 Å². The molecule has 164 valence electrons. The summed E-state index contributed by atoms with van der Waals surface area (Å²) in [6, 6.07) is 15.2. The fraction of sp³-hybridized carbons (Fsp3) is 0.250. The van der Waals surface area contributed by atoms with Crippen molar-refractivity contribution in [2.24, 2.45) is 0 Å². The average Bonchev–Trinajstić information content (AvgIpc) is 3.31. The molecule has 2 aliphatic rings. The quantitative estimate of drug-likeness (QED) is 0.588. The van der Waals surface area contributed by atoms with E-state index in [0.29, 0.717) is 37.2 Å². The Hall–Kier alpha value is -3.81. The van der Waals surface area contributed by atoms with Crippen LogP contribution in [-0.2, 0) is 10.3 Å². The molecule has 32 heavy (non-hydrogen) atoms. The van der Waals surface area contributed by atoms with Gasteiger partial charge in [0.1, 0.15) is 5.82 Å². The summed E-state index contributed by atoms with van der Waals surface area (Å²) in [6.07, 6.45) is 3.38. The normalized spacial score (nSPS) is 16.0. The first kappa shape index (κ1) is 20.1. The molecule has 5 rings (SSSR count). The van der Waals surface area contributed by atoms with Gasteiger partial charge in [0.05, 0.1) is 29.6 Å². The SMILES string of the molecule is COC(=O)c1ccc(NC(=O)N2CCC3(CC2)Nc2cc(F)ccc2-n2cccc23)cc1. The van der Waals surface area contributed by atoms with Gasteiger partial charge in [0.15, 0.2) is 0 Å². The van der Waals surface area contributed by atoms with Gasteiger partial charge in [-0.2, -0.15) is 0 Å². The highest BCUT2D eigenvalue weighted by Crippen LogP contribution is 2.43. The molecule has 2 aromatic carbocycles. The molecule has 0 atom stereocenters. The maximum atomic E-state index is 13.9. The summed E-state index contributed by atoms with van der Waals surface area (Å²) in [6.45, 7) is 1.10. The van der Waals surface area contributed by atoms with Crippen LogP contribution in [0, 0.1) is 5.82 Å². The number of anilines is 2. The number of nitrogens with one attached hydrogen (secondary N) is 2. The van der Waals surface area contributed by atoms with E-state index in [1.807, 2.05) is 12.3 Å². The van der Waals surface area contributed by atoms with E-state index in [4.69, 9.17) is 4.74 Å². The molecule has 1 aromatic heterocycles. The van der Waals surface area contributed by atoms with Gasteiger partial charge in [-0.05, 0) is 67.4 Å². The number of carbonyl (C=O) groups excluding carboxylic acids is 2. The van der Waals surface area contributed by atoms with Crippen molar-refractivity contribution in [2.75, 3.05) is 30.8 Å². The lowest BCUT2D eigenvalue weighted by atomic mass is 9.82. The zero-order valence-electron chi connectivity index (χ0n) is 17.6. The van der Waals surface area contributed by atoms with E-state index in [-0.39, 0.29) is 17.4 Å². The average molecular weight is 434 g/mol. The molecule has 1 fully saturated rings. The van der Waals surface area contributed by atoms with Crippen LogP contribution >= 0.6 is 0 Å². The first-order chi connectivity index (χ1) is 15.5. The molecule has 3 aromatic rings. The second-order valence-electron chi connectivity index (χ2n) is 8.12. The van der Waals surface area contributed by atoms with E-state index in [2.05, 4.69) is 21.3 Å². The van der Waals surface area contributed by atoms with E-state index in [1.54, 1.807) is 35.2 Å². The number of rotatable bonds is 2. The maximum Gasteiger partial charge on any atom is 0.337 e. The van der Waals surface area contributed by atoms with E-state index >= 15 is 0 Å². The lowest BCUT2D eigenvalue weighted by Crippen LogP contribution is -2.51. The number of hydrogen-bond acceptors (Lipinski definition) is 4. The van der Waals surface area contributed by atoms with Crippen LogP contribution < -0.4 is 10.6 Å². The van der Waals surface area contributed by atoms with Gasteiger partial charge in [0.25, 0.3) is 0 Å². The first-order valence-electron chi connectivity index (χ1n) is 10.5. The Balaban J connectivity index is 1.29. The summed E-state index contributed by atoms with van der Waals surface area (Å²) >= 11 is 0. The van der Waals surface area contributed by atoms with Gasteiger partial charge in [-0.15, -0.1) is 0 Å². The molecule has 0 bridgehead atoms. The zero-order valence-corrected chi connectivity index (χ0v) is 17.6. The molecule has 0 unspecified atom stereocenters. The Kier molecular flexibility index (Phi) is 4.84. The summed E-state index contributed by atoms with van der Waals surface area (Å²) in [4.78, 5) is 26.1. The second kappa shape index (κ2) is 7.71. The van der Waals surface area contributed by atoms with Crippen molar-refractivity contribution in [1.29, 1.82) is 0 Å². The van der Waals surface area contributed by atoms with Crippen LogP contribution in [0.15, 0.2) is 60.8 Å². The number of hydrogen-bond donors (Lipinski definition) is 2. The summed E-state index contributed by atoms with van der Waals surface area (Å²) in [7, 11) is 1.33. The standard InChI is InChI=1S/C24H23FN4O3/c1-32-22(30)16-4-7-18(8-5-16)26-23(31)28-13-10-24(11-14-28)21-3-2-12-29(21)20-9-6-17(25)15-19(20)27-24/h2-9,12,15,27H,10-11,13-14H2,1H3,(H,26,31). The van der Waals surface area contributed by atoms with Crippen molar-refractivity contribution in [3.05, 3.63) is 77.9 Å². The molecule has 2 amide bonds. The summed E-state index contributed by atoms with van der Waals surface area (Å²) in [5.41, 5.74) is 3.48. The number of fused-ring (bicyclic) bond motifs is 4. The largest absolute Gasteiger partial charge is 0.465 e. The maximum absolute atomic E-state index is 13.9. The molecule has 8 heteroatoms. The number of methoxy groups -OCH3 is 1. The van der Waals surface area contributed by atoms with Crippen molar-refractivity contribution >= 4 is 23.4 Å². The van der Waals surface area contributed by atoms with Crippen LogP contribution in [0.2, 0.25) is 0 Å². The van der Waals surface area contributed by atoms with Gasteiger partial charge in [-0.25, -0.2) is 14.0 Å². The minimum Gasteiger partial charge on any atom is -0.465 e. The number of aromatic nitrogens is 1. The number of nitrogens with zero attached hydrogens (tertiary/aromatic N) is 2. The number of amides is 2. The van der Waals surface area contributed by atoms with Crippen LogP contribution in [0.3, 0.4) is 0 Å². The highest BCUT2D eigenvalue weighted by Gasteiger charge is 2.42. The monoisotopic (exact) mass is 434 g/mol. The van der Waals surface area contributed by atoms with Gasteiger partial charge < -0.3 is 24.8 Å². The van der Waals surface area contributed by atoms with Gasteiger partial charge in [-0.1, -0.05) is 0 Å². The Morgan fingerprint density at radius 2 is 1.84 bits per heavy atom. The molecule has 0 radical (unpaired) electrons. The van der Waals surface area contributed by atoms with E-state index < -0.39 is 5.97 Å². The van der Waals surface area contributed by atoms with Crippen molar-refractivity contribution in [2.45, 2.75) is 18.4 Å². The van der Waals surface area contributed by atoms with Crippen molar-refractivity contribution < 1.29 is 18.7 Å². The third-order valence-corrected chi connectivity index (χ3v) is 6.29. The van der Waals surface area contributed by atoms with Gasteiger partial charge in [-0.3, -0.25) is 0 Å². The van der Waals surface area contributed by atoms with Crippen molar-refractivity contribution in [1.82, 2.24) is 9.47 Å². The highest BCUT2D eigenvalue weighted by atomic mass is 19.1. The summed E-state index contributed by atoms with van der Waals surface area (Å²) in [5, 5.41) is 6.45. The van der Waals surface area contributed by atoms with Crippen LogP contribution in [0.4, 0.5) is 20.6 Å². The van der Waals surface area contributed by atoms with Gasteiger partial charge in [0, 0.05) is 30.7 Å². The third-order valence-electron chi connectivity index (χ3n) is 6.29. The molecule has 2 aliphatic heterocycles. The minimum atomic E-state index is -0.421. The molecule has 1 saturated heterocycles. The van der Waals surface area contributed by atoms with Crippen molar-refractivity contribution in [3.63, 3.8) is 0 Å². The Morgan fingerprint density at radius 1 is 1.09 bits per heavy atom. The molecule has 0 saturated carbocycles. The van der Waals surface area contributed by atoms with Gasteiger partial charge >= 0.3 is 12.0 Å². The minimum absolute atomic E-state index is 0.191. The van der Waals surface area contributed by atoms with Crippen LogP contribution in [0.25, 0.3) is 5.69 Å². The fourth-order valence-corrected chi connectivity index (χ4v) is 4.60. The second-order valence-corrected chi connectivity index (χ2v) is 8.12. The lowest BCUT2D eigenvalue weighted by Gasteiger charge is -2.46. The summed E-state index contributed by atoms with van der Waals surface area (Å²) < 4.78 is 20.7. The molecule has 1 spiro atoms. The zero-order chi connectivity index (χ0) is 22.3. The van der Waals surface area contributed by atoms with E-state index in [0.717, 1.165) is 17.1 Å². The number of esters is 1. The molecule has 7 nitrogen and oxygen atoms in total. The fourth-order valence-electron chi connectivity index (χ4n) is 4.60. The smallest absolute Gasteiger partial charge is 0.337 e. The predicted molar refractivity (Wildman–Crippen MR) is 119 cm³/mol. The molecule has 3 heterocycles. The number of benzene rings is 2. The van der Waals surface area contributed by atoms with Crippen LogP contribution in [-0.4, -0.2) is 41.7 Å². The molecular formula is C24H23FN4O3. The summed E-state index contributed by atoms with van der Waals surface area (Å²) in [5.74, 6) is -0.701. The number of ether oxygens (including phenoxy) is 1. The number of likely N-dealkylation sites (tertiary alicyclic amines) is 1. The topological polar surface area (TPSA) is 75.6 Å². The number of carbonyl (C=O) groups is 2. The van der Waals surface area contributed by atoms with E-state index in [9.17, 15) is 14.0 Å². The number of piperidine rings is 1. The molecular weight excluding hydrogens is 411 g/mol. The van der Waals surface area contributed by atoms with Crippen LogP contribution in [0.1, 0.15) is 28.9 Å². The first-order valence-corrected chi connectivity index (χ1v) is 10.5. The van der Waals surface area contributed by atoms with Crippen LogP contribution in [0.5, 0.6) is 0 Å². The third kappa shape index (κ3) is 3.37. The predicted octanol–water partition coefficient (Wildman–Crippen LogP) is 4.35. The Morgan fingerprint density at radius 3 is 2.56 bits per heavy atom. The van der Waals surface area contributed by atoms with E-state index in [1.165, 1.54) is 19.2 Å². The Bertz CT molecular complexity index is 1180. The molecule has 2 N–H and O–H groups in total. The Labute approximate surface area is 184 Å². The molecule has 0 aliphatic carbocycles.